The summed E-state index contributed by atoms with van der Waals surface area (Å²) >= 11 is 0. The van der Waals surface area contributed by atoms with Crippen LogP contribution >= 0.6 is 0 Å². The molecule has 10 heteroatoms. The predicted octanol–water partition coefficient (Wildman–Crippen LogP) is 4.07. The van der Waals surface area contributed by atoms with Crippen molar-refractivity contribution in [3.05, 3.63) is 60.5 Å². The van der Waals surface area contributed by atoms with E-state index in [4.69, 9.17) is 9.47 Å². The molecule has 0 bridgehead atoms. The lowest BCUT2D eigenvalue weighted by Gasteiger charge is -2.21. The van der Waals surface area contributed by atoms with E-state index in [1.54, 1.807) is 31.4 Å². The Kier molecular flexibility index (Phi) is 8.42. The average molecular weight is 481 g/mol. The summed E-state index contributed by atoms with van der Waals surface area (Å²) in [7, 11) is 1.62. The summed E-state index contributed by atoms with van der Waals surface area (Å²) in [6.45, 7) is 2.65. The summed E-state index contributed by atoms with van der Waals surface area (Å²) in [4.78, 5) is 20.8. The number of halogens is 1. The predicted molar refractivity (Wildman–Crippen MR) is 133 cm³/mol. The number of ether oxygens (including phenoxy) is 2. The Labute approximate surface area is 203 Å². The lowest BCUT2D eigenvalue weighted by molar-refractivity contribution is -0.120. The Bertz CT molecular complexity index is 1120. The van der Waals surface area contributed by atoms with E-state index in [1.165, 1.54) is 0 Å². The van der Waals surface area contributed by atoms with Gasteiger partial charge >= 0.3 is 0 Å². The van der Waals surface area contributed by atoms with Gasteiger partial charge in [-0.2, -0.15) is 4.98 Å². The summed E-state index contributed by atoms with van der Waals surface area (Å²) in [6, 6.07) is 14.4. The zero-order valence-corrected chi connectivity index (χ0v) is 19.5. The topological polar surface area (TPSA) is 109 Å². The summed E-state index contributed by atoms with van der Waals surface area (Å²) in [5, 5.41) is 12.2. The Morgan fingerprint density at radius 3 is 2.60 bits per heavy atom. The van der Waals surface area contributed by atoms with E-state index in [1.807, 2.05) is 24.3 Å². The Morgan fingerprint density at radius 2 is 1.83 bits per heavy atom. The third kappa shape index (κ3) is 7.11. The molecule has 1 saturated heterocycles. The Morgan fingerprint density at radius 1 is 1.06 bits per heavy atom. The number of carbonyl (C=O) groups is 1. The van der Waals surface area contributed by atoms with Gasteiger partial charge in [-0.1, -0.05) is 6.07 Å². The molecule has 0 unspecified atom stereocenters. The van der Waals surface area contributed by atoms with Crippen molar-refractivity contribution in [1.29, 1.82) is 0 Å². The summed E-state index contributed by atoms with van der Waals surface area (Å²) in [5.74, 6) is 0.357. The highest BCUT2D eigenvalue weighted by Crippen LogP contribution is 2.24. The van der Waals surface area contributed by atoms with Gasteiger partial charge in [-0.3, -0.25) is 4.79 Å². The molecule has 3 aromatic rings. The van der Waals surface area contributed by atoms with Gasteiger partial charge in [0, 0.05) is 30.1 Å². The van der Waals surface area contributed by atoms with Gasteiger partial charge in [0.25, 0.3) is 0 Å². The fraction of sp³-hybridized carbons (Fsp3) is 0.320. The van der Waals surface area contributed by atoms with Crippen molar-refractivity contribution in [2.75, 3.05) is 49.4 Å². The fourth-order valence-corrected chi connectivity index (χ4v) is 3.66. The highest BCUT2D eigenvalue weighted by Gasteiger charge is 2.21. The first-order valence-electron chi connectivity index (χ1n) is 11.5. The number of aromatic nitrogens is 2. The van der Waals surface area contributed by atoms with E-state index in [0.29, 0.717) is 30.3 Å². The van der Waals surface area contributed by atoms with Crippen molar-refractivity contribution >= 4 is 34.7 Å². The van der Waals surface area contributed by atoms with Gasteiger partial charge in [0.1, 0.15) is 12.4 Å². The number of benzene rings is 2. The Hall–Kier alpha value is -3.76. The van der Waals surface area contributed by atoms with E-state index >= 15 is 0 Å². The van der Waals surface area contributed by atoms with Crippen LogP contribution in [-0.4, -0.2) is 49.3 Å². The van der Waals surface area contributed by atoms with E-state index in [-0.39, 0.29) is 23.6 Å². The van der Waals surface area contributed by atoms with E-state index in [2.05, 4.69) is 31.2 Å². The molecule has 2 aromatic carbocycles. The minimum Gasteiger partial charge on any atom is -0.491 e. The second-order valence-electron chi connectivity index (χ2n) is 8.10. The van der Waals surface area contributed by atoms with Crippen molar-refractivity contribution in [3.8, 4) is 5.75 Å². The van der Waals surface area contributed by atoms with Gasteiger partial charge in [0.15, 0.2) is 11.6 Å². The summed E-state index contributed by atoms with van der Waals surface area (Å²) in [6.07, 6.45) is 2.73. The largest absolute Gasteiger partial charge is 0.491 e. The molecule has 0 radical (unpaired) electrons. The maximum atomic E-state index is 14.4. The number of methoxy groups -OCH3 is 1. The number of rotatable bonds is 10. The molecule has 1 aromatic heterocycles. The lowest BCUT2D eigenvalue weighted by atomic mass is 9.97. The monoisotopic (exact) mass is 480 g/mol. The van der Waals surface area contributed by atoms with Gasteiger partial charge in [0.2, 0.25) is 11.9 Å². The molecule has 0 spiro atoms. The van der Waals surface area contributed by atoms with Crippen LogP contribution in [0.4, 0.5) is 33.2 Å². The molecule has 35 heavy (non-hydrogen) atoms. The second-order valence-corrected chi connectivity index (χ2v) is 8.10. The van der Waals surface area contributed by atoms with Crippen LogP contribution in [0.5, 0.6) is 5.75 Å². The molecular weight excluding hydrogens is 451 g/mol. The molecule has 1 aliphatic rings. The van der Waals surface area contributed by atoms with E-state index in [0.717, 1.165) is 37.8 Å². The molecular formula is C25H29FN6O3. The molecule has 0 saturated carbocycles. The van der Waals surface area contributed by atoms with Crippen molar-refractivity contribution in [2.24, 2.45) is 5.92 Å². The highest BCUT2D eigenvalue weighted by atomic mass is 19.1. The van der Waals surface area contributed by atoms with Crippen molar-refractivity contribution in [2.45, 2.75) is 12.8 Å². The third-order valence-corrected chi connectivity index (χ3v) is 5.51. The van der Waals surface area contributed by atoms with Gasteiger partial charge in [-0.05, 0) is 68.4 Å². The number of hydrogen-bond donors (Lipinski definition) is 4. The minimum absolute atomic E-state index is 0.00142. The smallest absolute Gasteiger partial charge is 0.229 e. The van der Waals surface area contributed by atoms with E-state index < -0.39 is 5.82 Å². The molecule has 0 aliphatic carbocycles. The van der Waals surface area contributed by atoms with Crippen LogP contribution in [0.25, 0.3) is 0 Å². The first-order valence-corrected chi connectivity index (χ1v) is 11.5. The first-order chi connectivity index (χ1) is 17.1. The molecule has 4 rings (SSSR count). The van der Waals surface area contributed by atoms with Crippen LogP contribution < -0.4 is 26.0 Å². The van der Waals surface area contributed by atoms with Crippen LogP contribution in [-0.2, 0) is 9.53 Å². The number of hydrogen-bond acceptors (Lipinski definition) is 8. The van der Waals surface area contributed by atoms with Crippen LogP contribution in [0.2, 0.25) is 0 Å². The molecule has 184 valence electrons. The summed E-state index contributed by atoms with van der Waals surface area (Å²) in [5.41, 5.74) is 1.96. The number of anilines is 5. The number of piperidine rings is 1. The maximum Gasteiger partial charge on any atom is 0.229 e. The molecule has 1 fully saturated rings. The minimum atomic E-state index is -0.596. The second kappa shape index (κ2) is 12.1. The zero-order chi connectivity index (χ0) is 24.5. The first kappa shape index (κ1) is 24.4. The van der Waals surface area contributed by atoms with Crippen LogP contribution in [0.15, 0.2) is 54.7 Å². The molecule has 1 amide bonds. The van der Waals surface area contributed by atoms with Gasteiger partial charge in [-0.25, -0.2) is 9.37 Å². The molecule has 9 nitrogen and oxygen atoms in total. The number of carbonyl (C=O) groups excluding carboxylic acids is 1. The average Bonchev–Trinajstić information content (AvgIpc) is 2.88. The maximum absolute atomic E-state index is 14.4. The SMILES string of the molecule is COCCOc1ccc(Nc2ncc(F)c(Nc3cccc(NC(=O)C4CCNCC4)c3)n2)cc1. The third-order valence-electron chi connectivity index (χ3n) is 5.51. The standard InChI is InChI=1S/C25H29FN6O3/c1-34-13-14-35-21-7-5-18(6-8-21)31-25-28-16-22(26)23(32-25)29-19-3-2-4-20(15-19)30-24(33)17-9-11-27-12-10-17/h2-8,15-17,27H,9-14H2,1H3,(H,30,33)(H2,28,29,31,32). The number of amides is 1. The van der Waals surface area contributed by atoms with Gasteiger partial charge in [-0.15, -0.1) is 0 Å². The molecule has 0 atom stereocenters. The summed E-state index contributed by atoms with van der Waals surface area (Å²) < 4.78 is 24.9. The van der Waals surface area contributed by atoms with Crippen LogP contribution in [0.1, 0.15) is 12.8 Å². The number of nitrogens with one attached hydrogen (secondary N) is 4. The van der Waals surface area contributed by atoms with Crippen LogP contribution in [0, 0.1) is 11.7 Å². The normalized spacial score (nSPS) is 13.8. The molecule has 1 aliphatic heterocycles. The van der Waals surface area contributed by atoms with E-state index in [9.17, 15) is 9.18 Å². The van der Waals surface area contributed by atoms with Gasteiger partial charge in [0.05, 0.1) is 12.8 Å². The Balaban J connectivity index is 1.39. The highest BCUT2D eigenvalue weighted by molar-refractivity contribution is 5.93. The van der Waals surface area contributed by atoms with Crippen molar-refractivity contribution < 1.29 is 18.7 Å². The van der Waals surface area contributed by atoms with Crippen molar-refractivity contribution in [1.82, 2.24) is 15.3 Å². The van der Waals surface area contributed by atoms with Crippen molar-refractivity contribution in [3.63, 3.8) is 0 Å². The van der Waals surface area contributed by atoms with Crippen LogP contribution in [0.3, 0.4) is 0 Å². The van der Waals surface area contributed by atoms with Gasteiger partial charge < -0.3 is 30.7 Å². The number of nitrogens with zero attached hydrogens (tertiary/aromatic N) is 2. The lowest BCUT2D eigenvalue weighted by Crippen LogP contribution is -2.34. The fourth-order valence-electron chi connectivity index (χ4n) is 3.66. The quantitative estimate of drug-likeness (QED) is 0.322. The molecule has 4 N–H and O–H groups in total. The zero-order valence-electron chi connectivity index (χ0n) is 19.5. The molecule has 2 heterocycles.